The molecule has 0 aliphatic heterocycles. The highest BCUT2D eigenvalue weighted by atomic mass is 28.3. The van der Waals surface area contributed by atoms with Gasteiger partial charge in [0.2, 0.25) is 0 Å². The first kappa shape index (κ1) is 19.1. The summed E-state index contributed by atoms with van der Waals surface area (Å²) in [6, 6.07) is 4.40. The Balaban J connectivity index is 2.09. The lowest BCUT2D eigenvalue weighted by molar-refractivity contribution is 0.0593. The van der Waals surface area contributed by atoms with Crippen LogP contribution < -0.4 is 4.74 Å². The number of nitrogens with zero attached hydrogens (tertiary/aromatic N) is 3. The van der Waals surface area contributed by atoms with Crippen LogP contribution in [0.2, 0.25) is 25.7 Å². The molecule has 2 aromatic rings. The molecule has 0 aromatic carbocycles. The fraction of sp³-hybridized carbons (Fsp3) is 0.471. The molecular formula is C17H25N3O4Si. The highest BCUT2D eigenvalue weighted by Gasteiger charge is 2.14. The van der Waals surface area contributed by atoms with E-state index in [4.69, 9.17) is 14.2 Å². The van der Waals surface area contributed by atoms with E-state index in [0.29, 0.717) is 18.2 Å². The molecule has 0 atom stereocenters. The number of methoxy groups -OCH3 is 2. The smallest absolute Gasteiger partial charge is 0.356 e. The lowest BCUT2D eigenvalue weighted by atomic mass is 10.2. The molecule has 0 bridgehead atoms. The SMILES string of the molecule is COC(=O)c1cc(OC)cc(-c2cnn(COCC[Si](C)(C)C)c2)n1. The summed E-state index contributed by atoms with van der Waals surface area (Å²) >= 11 is 0. The fourth-order valence-electron chi connectivity index (χ4n) is 2.08. The first-order valence-electron chi connectivity index (χ1n) is 8.07. The number of esters is 1. The van der Waals surface area contributed by atoms with Crippen molar-refractivity contribution in [1.29, 1.82) is 0 Å². The maximum Gasteiger partial charge on any atom is 0.356 e. The molecule has 0 amide bonds. The van der Waals surface area contributed by atoms with E-state index in [1.165, 1.54) is 14.2 Å². The summed E-state index contributed by atoms with van der Waals surface area (Å²) in [6.07, 6.45) is 3.52. The standard InChI is InChI=1S/C17H25N3O4Si/c1-22-14-8-15(19-16(9-14)17(21)23-2)13-10-18-20(11-13)12-24-6-7-25(3,4)5/h8-11H,6-7,12H2,1-5H3. The molecule has 0 radical (unpaired) electrons. The number of pyridine rings is 1. The highest BCUT2D eigenvalue weighted by molar-refractivity contribution is 6.76. The van der Waals surface area contributed by atoms with Crippen LogP contribution in [0, 0.1) is 0 Å². The molecule has 2 rings (SSSR count). The molecule has 2 heterocycles. The topological polar surface area (TPSA) is 75.5 Å². The Labute approximate surface area is 148 Å². The van der Waals surface area contributed by atoms with Crippen LogP contribution in [0.25, 0.3) is 11.3 Å². The molecule has 7 nitrogen and oxygen atoms in total. The third kappa shape index (κ3) is 5.68. The van der Waals surface area contributed by atoms with Crippen LogP contribution in [0.3, 0.4) is 0 Å². The van der Waals surface area contributed by atoms with Crippen LogP contribution in [0.4, 0.5) is 0 Å². The predicted molar refractivity (Wildman–Crippen MR) is 97.5 cm³/mol. The fourth-order valence-corrected chi connectivity index (χ4v) is 2.84. The first-order valence-corrected chi connectivity index (χ1v) is 11.8. The number of ether oxygens (including phenoxy) is 3. The van der Waals surface area contributed by atoms with Crippen LogP contribution in [0.5, 0.6) is 5.75 Å². The quantitative estimate of drug-likeness (QED) is 0.408. The van der Waals surface area contributed by atoms with Crippen LogP contribution in [-0.4, -0.2) is 49.6 Å². The summed E-state index contributed by atoms with van der Waals surface area (Å²) in [4.78, 5) is 16.1. The number of carbonyl (C=O) groups excluding carboxylic acids is 1. The van der Waals surface area contributed by atoms with Gasteiger partial charge in [-0.05, 0) is 6.04 Å². The summed E-state index contributed by atoms with van der Waals surface area (Å²) in [7, 11) is 1.76. The van der Waals surface area contributed by atoms with E-state index in [1.807, 2.05) is 6.20 Å². The Morgan fingerprint density at radius 3 is 2.64 bits per heavy atom. The van der Waals surface area contributed by atoms with Crippen molar-refractivity contribution >= 4 is 14.0 Å². The van der Waals surface area contributed by atoms with Crippen molar-refractivity contribution < 1.29 is 19.0 Å². The van der Waals surface area contributed by atoms with Gasteiger partial charge >= 0.3 is 5.97 Å². The summed E-state index contributed by atoms with van der Waals surface area (Å²) in [5.41, 5.74) is 1.56. The van der Waals surface area contributed by atoms with Gasteiger partial charge in [-0.3, -0.25) is 0 Å². The molecule has 0 spiro atoms. The van der Waals surface area contributed by atoms with Crippen LogP contribution in [0.1, 0.15) is 10.5 Å². The summed E-state index contributed by atoms with van der Waals surface area (Å²) in [5.74, 6) is 0.0201. The molecular weight excluding hydrogens is 338 g/mol. The number of carbonyl (C=O) groups is 1. The molecule has 2 aromatic heterocycles. The third-order valence-electron chi connectivity index (χ3n) is 3.58. The van der Waals surface area contributed by atoms with Crippen molar-refractivity contribution in [1.82, 2.24) is 14.8 Å². The maximum atomic E-state index is 11.7. The van der Waals surface area contributed by atoms with Gasteiger partial charge in [-0.25, -0.2) is 14.5 Å². The van der Waals surface area contributed by atoms with E-state index in [0.717, 1.165) is 18.2 Å². The van der Waals surface area contributed by atoms with Gasteiger partial charge in [0.1, 0.15) is 12.5 Å². The Hall–Kier alpha value is -2.19. The molecule has 136 valence electrons. The number of hydrogen-bond donors (Lipinski definition) is 0. The van der Waals surface area contributed by atoms with E-state index in [9.17, 15) is 4.79 Å². The van der Waals surface area contributed by atoms with Crippen molar-refractivity contribution in [2.24, 2.45) is 0 Å². The predicted octanol–water partition coefficient (Wildman–Crippen LogP) is 3.05. The Morgan fingerprint density at radius 1 is 1.24 bits per heavy atom. The minimum absolute atomic E-state index is 0.191. The molecule has 0 N–H and O–H groups in total. The van der Waals surface area contributed by atoms with Gasteiger partial charge in [0.05, 0.1) is 26.1 Å². The van der Waals surface area contributed by atoms with Crippen molar-refractivity contribution in [2.45, 2.75) is 32.4 Å². The number of aromatic nitrogens is 3. The molecule has 0 aliphatic carbocycles. The van der Waals surface area contributed by atoms with Gasteiger partial charge in [0.15, 0.2) is 5.69 Å². The second kappa shape index (κ2) is 8.26. The average Bonchev–Trinajstić information content (AvgIpc) is 3.05. The maximum absolute atomic E-state index is 11.7. The van der Waals surface area contributed by atoms with E-state index in [1.54, 1.807) is 23.0 Å². The zero-order valence-electron chi connectivity index (χ0n) is 15.4. The molecule has 0 saturated carbocycles. The zero-order valence-corrected chi connectivity index (χ0v) is 16.4. The average molecular weight is 363 g/mol. The highest BCUT2D eigenvalue weighted by Crippen LogP contribution is 2.23. The lowest BCUT2D eigenvalue weighted by Gasteiger charge is -2.15. The second-order valence-corrected chi connectivity index (χ2v) is 12.5. The van der Waals surface area contributed by atoms with Gasteiger partial charge in [0.25, 0.3) is 0 Å². The minimum Gasteiger partial charge on any atom is -0.497 e. The normalized spacial score (nSPS) is 11.4. The van der Waals surface area contributed by atoms with E-state index in [2.05, 4.69) is 29.7 Å². The Morgan fingerprint density at radius 2 is 2.00 bits per heavy atom. The van der Waals surface area contributed by atoms with Gasteiger partial charge in [-0.1, -0.05) is 19.6 Å². The van der Waals surface area contributed by atoms with Gasteiger partial charge in [-0.15, -0.1) is 0 Å². The Bertz CT molecular complexity index is 725. The first-order chi connectivity index (χ1) is 11.8. The molecule has 0 unspecified atom stereocenters. The molecule has 0 aliphatic rings. The van der Waals surface area contributed by atoms with E-state index < -0.39 is 14.0 Å². The summed E-state index contributed by atoms with van der Waals surface area (Å²) in [6.45, 7) is 8.06. The third-order valence-corrected chi connectivity index (χ3v) is 5.28. The van der Waals surface area contributed by atoms with Gasteiger partial charge in [-0.2, -0.15) is 5.10 Å². The van der Waals surface area contributed by atoms with Gasteiger partial charge < -0.3 is 14.2 Å². The van der Waals surface area contributed by atoms with E-state index >= 15 is 0 Å². The van der Waals surface area contributed by atoms with Crippen molar-refractivity contribution in [3.8, 4) is 17.0 Å². The molecule has 25 heavy (non-hydrogen) atoms. The monoisotopic (exact) mass is 363 g/mol. The molecule has 0 saturated heterocycles. The summed E-state index contributed by atoms with van der Waals surface area (Å²) in [5, 5.41) is 4.28. The minimum atomic E-state index is -1.10. The lowest BCUT2D eigenvalue weighted by Crippen LogP contribution is -2.22. The number of hydrogen-bond acceptors (Lipinski definition) is 6. The van der Waals surface area contributed by atoms with Crippen LogP contribution in [-0.2, 0) is 16.2 Å². The van der Waals surface area contributed by atoms with Crippen molar-refractivity contribution in [3.63, 3.8) is 0 Å². The van der Waals surface area contributed by atoms with Gasteiger partial charge in [0, 0.05) is 38.6 Å². The van der Waals surface area contributed by atoms with Crippen LogP contribution in [0.15, 0.2) is 24.5 Å². The van der Waals surface area contributed by atoms with Crippen LogP contribution >= 0.6 is 0 Å². The number of rotatable bonds is 8. The largest absolute Gasteiger partial charge is 0.497 e. The van der Waals surface area contributed by atoms with E-state index in [-0.39, 0.29) is 5.69 Å². The molecule has 0 fully saturated rings. The second-order valence-electron chi connectivity index (χ2n) is 6.89. The van der Waals surface area contributed by atoms with Crippen molar-refractivity contribution in [2.75, 3.05) is 20.8 Å². The Kier molecular flexibility index (Phi) is 6.32. The molecule has 8 heteroatoms. The van der Waals surface area contributed by atoms with Crippen molar-refractivity contribution in [3.05, 3.63) is 30.2 Å². The zero-order chi connectivity index (χ0) is 18.4. The summed E-state index contributed by atoms with van der Waals surface area (Å²) < 4.78 is 17.4.